The Bertz CT molecular complexity index is 665. The first-order chi connectivity index (χ1) is 9.58. The number of H-pyrrole nitrogens is 1. The average Bonchev–Trinajstić information content (AvgIpc) is 2.91. The number of hydrogen-bond acceptors (Lipinski definition) is 6. The van der Waals surface area contributed by atoms with Crippen molar-refractivity contribution >= 4 is 23.3 Å². The Morgan fingerprint density at radius 1 is 1.20 bits per heavy atom. The number of benzene rings is 1. The molecular formula is C11H9N5O4. The van der Waals surface area contributed by atoms with Crippen LogP contribution in [0.5, 0.6) is 0 Å². The number of aromatic amines is 1. The van der Waals surface area contributed by atoms with E-state index in [-0.39, 0.29) is 11.4 Å². The second-order valence-corrected chi connectivity index (χ2v) is 3.71. The lowest BCUT2D eigenvalue weighted by Crippen LogP contribution is -1.98. The maximum atomic E-state index is 10.9. The van der Waals surface area contributed by atoms with Gasteiger partial charge in [0.05, 0.1) is 27.8 Å². The maximum Gasteiger partial charge on any atom is 0.301 e. The smallest absolute Gasteiger partial charge is 0.301 e. The molecule has 0 fully saturated rings. The van der Waals surface area contributed by atoms with Gasteiger partial charge in [0.2, 0.25) is 0 Å². The minimum atomic E-state index is -0.709. The molecule has 1 heterocycles. The molecule has 2 N–H and O–H groups in total. The van der Waals surface area contributed by atoms with Gasteiger partial charge in [-0.2, -0.15) is 5.10 Å². The van der Waals surface area contributed by atoms with E-state index in [1.165, 1.54) is 18.3 Å². The van der Waals surface area contributed by atoms with E-state index in [2.05, 4.69) is 15.5 Å². The van der Waals surface area contributed by atoms with E-state index in [9.17, 15) is 20.2 Å². The van der Waals surface area contributed by atoms with Crippen LogP contribution in [-0.4, -0.2) is 21.0 Å². The number of anilines is 1. The van der Waals surface area contributed by atoms with Crippen LogP contribution < -0.4 is 5.43 Å². The lowest BCUT2D eigenvalue weighted by atomic mass is 10.2. The van der Waals surface area contributed by atoms with E-state index < -0.39 is 15.5 Å². The van der Waals surface area contributed by atoms with E-state index in [1.54, 1.807) is 18.3 Å². The molecule has 1 aromatic carbocycles. The highest BCUT2D eigenvalue weighted by molar-refractivity contribution is 5.78. The summed E-state index contributed by atoms with van der Waals surface area (Å²) < 4.78 is 0. The molecule has 0 aliphatic heterocycles. The lowest BCUT2D eigenvalue weighted by Gasteiger charge is -2.01. The molecule has 0 spiro atoms. The molecule has 0 aliphatic carbocycles. The summed E-state index contributed by atoms with van der Waals surface area (Å²) in [7, 11) is 0. The summed E-state index contributed by atoms with van der Waals surface area (Å²) in [6.07, 6.45) is 3.14. The molecule has 0 aliphatic rings. The van der Waals surface area contributed by atoms with Crippen molar-refractivity contribution in [1.82, 2.24) is 4.98 Å². The summed E-state index contributed by atoms with van der Waals surface area (Å²) in [6.45, 7) is 0. The largest absolute Gasteiger partial charge is 0.360 e. The minimum Gasteiger partial charge on any atom is -0.360 e. The van der Waals surface area contributed by atoms with Crippen molar-refractivity contribution in [2.45, 2.75) is 0 Å². The maximum absolute atomic E-state index is 10.9. The normalized spacial score (nSPS) is 10.6. The molecule has 0 radical (unpaired) electrons. The predicted molar refractivity (Wildman–Crippen MR) is 71.8 cm³/mol. The predicted octanol–water partition coefficient (Wildman–Crippen LogP) is 2.28. The second kappa shape index (κ2) is 5.61. The number of aromatic nitrogens is 1. The van der Waals surface area contributed by atoms with Crippen molar-refractivity contribution in [3.05, 3.63) is 62.5 Å². The number of nitro groups is 2. The van der Waals surface area contributed by atoms with E-state index in [1.807, 2.05) is 0 Å². The SMILES string of the molecule is O=[N+]([O-])c1ccc(NN=Cc2ccc[nH]2)c([N+](=O)[O-])c1. The Balaban J connectivity index is 2.22. The molecule has 102 valence electrons. The molecule has 9 heteroatoms. The van der Waals surface area contributed by atoms with E-state index >= 15 is 0 Å². The van der Waals surface area contributed by atoms with Gasteiger partial charge in [0.25, 0.3) is 5.69 Å². The first-order valence-electron chi connectivity index (χ1n) is 5.43. The number of nitrogens with zero attached hydrogens (tertiary/aromatic N) is 3. The van der Waals surface area contributed by atoms with Crippen molar-refractivity contribution in [2.24, 2.45) is 5.10 Å². The molecule has 0 bridgehead atoms. The van der Waals surface area contributed by atoms with Crippen molar-refractivity contribution < 1.29 is 9.85 Å². The lowest BCUT2D eigenvalue weighted by molar-refractivity contribution is -0.393. The van der Waals surface area contributed by atoms with Gasteiger partial charge >= 0.3 is 5.69 Å². The van der Waals surface area contributed by atoms with Gasteiger partial charge in [-0.3, -0.25) is 25.7 Å². The second-order valence-electron chi connectivity index (χ2n) is 3.71. The Kier molecular flexibility index (Phi) is 3.70. The summed E-state index contributed by atoms with van der Waals surface area (Å²) in [5.74, 6) is 0. The van der Waals surface area contributed by atoms with Gasteiger partial charge in [-0.1, -0.05) is 0 Å². The molecule has 0 saturated carbocycles. The third-order valence-corrected chi connectivity index (χ3v) is 2.40. The van der Waals surface area contributed by atoms with Gasteiger partial charge in [-0.25, -0.2) is 0 Å². The Morgan fingerprint density at radius 3 is 2.60 bits per heavy atom. The van der Waals surface area contributed by atoms with Crippen LogP contribution in [0.25, 0.3) is 0 Å². The first-order valence-corrected chi connectivity index (χ1v) is 5.43. The molecule has 0 atom stereocenters. The highest BCUT2D eigenvalue weighted by Crippen LogP contribution is 2.28. The summed E-state index contributed by atoms with van der Waals surface area (Å²) >= 11 is 0. The van der Waals surface area contributed by atoms with Gasteiger partial charge in [-0.15, -0.1) is 0 Å². The van der Waals surface area contributed by atoms with E-state index in [4.69, 9.17) is 0 Å². The molecule has 0 amide bonds. The first kappa shape index (κ1) is 13.2. The van der Waals surface area contributed by atoms with Crippen molar-refractivity contribution in [3.63, 3.8) is 0 Å². The highest BCUT2D eigenvalue weighted by atomic mass is 16.6. The number of hydrogen-bond donors (Lipinski definition) is 2. The zero-order chi connectivity index (χ0) is 14.5. The molecule has 2 aromatic rings. The fourth-order valence-electron chi connectivity index (χ4n) is 1.48. The monoisotopic (exact) mass is 275 g/mol. The summed E-state index contributed by atoms with van der Waals surface area (Å²) in [5, 5.41) is 25.3. The van der Waals surface area contributed by atoms with Crippen LogP contribution in [-0.2, 0) is 0 Å². The average molecular weight is 275 g/mol. The molecule has 2 rings (SSSR count). The number of rotatable bonds is 5. The van der Waals surface area contributed by atoms with Crippen LogP contribution in [0.2, 0.25) is 0 Å². The Labute approximate surface area is 112 Å². The highest BCUT2D eigenvalue weighted by Gasteiger charge is 2.18. The number of hydrazone groups is 1. The van der Waals surface area contributed by atoms with Gasteiger partial charge < -0.3 is 4.98 Å². The van der Waals surface area contributed by atoms with Gasteiger partial charge in [0.1, 0.15) is 5.69 Å². The topological polar surface area (TPSA) is 126 Å². The molecule has 0 unspecified atom stereocenters. The van der Waals surface area contributed by atoms with Crippen LogP contribution in [0.15, 0.2) is 41.6 Å². The fraction of sp³-hybridized carbons (Fsp3) is 0. The van der Waals surface area contributed by atoms with Gasteiger partial charge in [-0.05, 0) is 18.2 Å². The summed E-state index contributed by atoms with van der Waals surface area (Å²) in [6, 6.07) is 6.82. The van der Waals surface area contributed by atoms with Crippen molar-refractivity contribution in [3.8, 4) is 0 Å². The molecule has 0 saturated heterocycles. The standard InChI is InChI=1S/C11H9N5O4/c17-15(18)9-3-4-10(11(6-9)16(19)20)14-13-7-8-2-1-5-12-8/h1-7,12,14H. The Hall–Kier alpha value is -3.23. The van der Waals surface area contributed by atoms with Gasteiger partial charge in [0.15, 0.2) is 0 Å². The Morgan fingerprint density at radius 2 is 2.00 bits per heavy atom. The van der Waals surface area contributed by atoms with Crippen molar-refractivity contribution in [1.29, 1.82) is 0 Å². The van der Waals surface area contributed by atoms with E-state index in [0.29, 0.717) is 5.69 Å². The van der Waals surface area contributed by atoms with Crippen LogP contribution in [0.4, 0.5) is 17.1 Å². The molecule has 9 nitrogen and oxygen atoms in total. The summed E-state index contributed by atoms with van der Waals surface area (Å²) in [4.78, 5) is 22.9. The van der Waals surface area contributed by atoms with Crippen LogP contribution >= 0.6 is 0 Å². The quantitative estimate of drug-likeness (QED) is 0.491. The fourth-order valence-corrected chi connectivity index (χ4v) is 1.48. The molecular weight excluding hydrogens is 266 g/mol. The minimum absolute atomic E-state index is 0.0726. The third-order valence-electron chi connectivity index (χ3n) is 2.40. The molecule has 20 heavy (non-hydrogen) atoms. The zero-order valence-corrected chi connectivity index (χ0v) is 10.0. The van der Waals surface area contributed by atoms with Gasteiger partial charge in [0, 0.05) is 12.3 Å². The summed E-state index contributed by atoms with van der Waals surface area (Å²) in [5.41, 5.74) is 2.50. The van der Waals surface area contributed by atoms with Crippen molar-refractivity contribution in [2.75, 3.05) is 5.43 Å². The number of non-ortho nitro benzene ring substituents is 1. The third kappa shape index (κ3) is 2.96. The van der Waals surface area contributed by atoms with Crippen LogP contribution in [0.1, 0.15) is 5.69 Å². The zero-order valence-electron chi connectivity index (χ0n) is 10.0. The van der Waals surface area contributed by atoms with Crippen LogP contribution in [0.3, 0.4) is 0 Å². The molecule has 1 aromatic heterocycles. The van der Waals surface area contributed by atoms with Crippen LogP contribution in [0, 0.1) is 20.2 Å². The van der Waals surface area contributed by atoms with E-state index in [0.717, 1.165) is 6.07 Å². The number of nitrogens with one attached hydrogen (secondary N) is 2. The number of nitro benzene ring substituents is 2.